The van der Waals surface area contributed by atoms with Crippen molar-refractivity contribution in [2.24, 2.45) is 5.73 Å². The van der Waals surface area contributed by atoms with Crippen molar-refractivity contribution in [3.05, 3.63) is 54.4 Å². The third-order valence-electron chi connectivity index (χ3n) is 2.96. The van der Waals surface area contributed by atoms with Crippen LogP contribution in [0.15, 0.2) is 48.8 Å². The molecule has 0 saturated carbocycles. The predicted molar refractivity (Wildman–Crippen MR) is 85.7 cm³/mol. The summed E-state index contributed by atoms with van der Waals surface area (Å²) in [7, 11) is 0. The second-order valence-electron chi connectivity index (χ2n) is 4.17. The van der Waals surface area contributed by atoms with Gasteiger partial charge >= 0.3 is 0 Å². The van der Waals surface area contributed by atoms with Crippen molar-refractivity contribution in [2.75, 3.05) is 6.54 Å². The molecule has 0 aliphatic heterocycles. The number of hydrogen-bond acceptors (Lipinski definition) is 3. The molecule has 0 spiro atoms. The molecule has 0 aliphatic rings. The van der Waals surface area contributed by atoms with Gasteiger partial charge in [-0.25, -0.2) is 9.50 Å². The van der Waals surface area contributed by atoms with Crippen LogP contribution in [0.5, 0.6) is 0 Å². The van der Waals surface area contributed by atoms with Gasteiger partial charge in [0.1, 0.15) is 0 Å². The Hall–Kier alpha value is -1.62. The minimum absolute atomic E-state index is 0. The average molecular weight is 311 g/mol. The second kappa shape index (κ2) is 7.24. The number of halogens is 2. The number of aromatic nitrogens is 3. The van der Waals surface area contributed by atoms with Crippen LogP contribution in [-0.2, 0) is 6.42 Å². The van der Waals surface area contributed by atoms with Crippen LogP contribution in [0.2, 0.25) is 0 Å². The molecule has 0 radical (unpaired) electrons. The third kappa shape index (κ3) is 3.10. The van der Waals surface area contributed by atoms with Crippen LogP contribution in [0.4, 0.5) is 0 Å². The Morgan fingerprint density at radius 1 is 1.05 bits per heavy atom. The van der Waals surface area contributed by atoms with Gasteiger partial charge in [0.25, 0.3) is 0 Å². The first-order valence-electron chi connectivity index (χ1n) is 5.96. The lowest BCUT2D eigenvalue weighted by molar-refractivity contribution is 0.941. The van der Waals surface area contributed by atoms with E-state index >= 15 is 0 Å². The fraction of sp³-hybridized carbons (Fsp3) is 0.143. The first kappa shape index (κ1) is 16.4. The molecule has 4 nitrogen and oxygen atoms in total. The Morgan fingerprint density at radius 3 is 2.50 bits per heavy atom. The molecule has 0 fully saturated rings. The Morgan fingerprint density at radius 2 is 1.80 bits per heavy atom. The van der Waals surface area contributed by atoms with Gasteiger partial charge in [0.15, 0.2) is 5.65 Å². The molecule has 0 unspecified atom stereocenters. The van der Waals surface area contributed by atoms with Crippen LogP contribution in [0, 0.1) is 0 Å². The van der Waals surface area contributed by atoms with E-state index in [4.69, 9.17) is 5.73 Å². The molecule has 0 bridgehead atoms. The largest absolute Gasteiger partial charge is 0.330 e. The molecule has 0 amide bonds. The van der Waals surface area contributed by atoms with E-state index in [1.165, 1.54) is 5.56 Å². The molecule has 3 aromatic rings. The van der Waals surface area contributed by atoms with Crippen LogP contribution < -0.4 is 5.73 Å². The molecule has 0 aliphatic carbocycles. The second-order valence-corrected chi connectivity index (χ2v) is 4.17. The van der Waals surface area contributed by atoms with E-state index in [0.717, 1.165) is 23.3 Å². The number of nitrogens with zero attached hydrogens (tertiary/aromatic N) is 3. The number of rotatable bonds is 3. The number of fused-ring (bicyclic) bond motifs is 1. The van der Waals surface area contributed by atoms with E-state index in [9.17, 15) is 0 Å². The normalized spacial score (nSPS) is 9.85. The number of nitrogens with two attached hydrogens (primary N) is 1. The zero-order valence-corrected chi connectivity index (χ0v) is 12.4. The van der Waals surface area contributed by atoms with E-state index in [2.05, 4.69) is 34.3 Å². The highest BCUT2D eigenvalue weighted by molar-refractivity contribution is 5.85. The van der Waals surface area contributed by atoms with Gasteiger partial charge in [-0.15, -0.1) is 24.8 Å². The quantitative estimate of drug-likeness (QED) is 0.809. The van der Waals surface area contributed by atoms with Gasteiger partial charge in [-0.2, -0.15) is 5.10 Å². The van der Waals surface area contributed by atoms with E-state index in [1.54, 1.807) is 6.20 Å². The lowest BCUT2D eigenvalue weighted by Gasteiger charge is -2.02. The van der Waals surface area contributed by atoms with Crippen molar-refractivity contribution in [1.29, 1.82) is 0 Å². The maximum atomic E-state index is 5.54. The van der Waals surface area contributed by atoms with Crippen molar-refractivity contribution in [1.82, 2.24) is 14.6 Å². The van der Waals surface area contributed by atoms with Crippen molar-refractivity contribution in [3.63, 3.8) is 0 Å². The van der Waals surface area contributed by atoms with E-state index in [0.29, 0.717) is 6.54 Å². The minimum Gasteiger partial charge on any atom is -0.330 e. The highest BCUT2D eigenvalue weighted by atomic mass is 35.5. The molecule has 106 valence electrons. The monoisotopic (exact) mass is 310 g/mol. The van der Waals surface area contributed by atoms with Gasteiger partial charge in [0, 0.05) is 11.8 Å². The molecule has 6 heteroatoms. The summed E-state index contributed by atoms with van der Waals surface area (Å²) in [5, 5.41) is 4.31. The molecular formula is C14H16Cl2N4. The summed E-state index contributed by atoms with van der Waals surface area (Å²) in [6.45, 7) is 0.677. The summed E-state index contributed by atoms with van der Waals surface area (Å²) in [6.07, 6.45) is 4.52. The maximum absolute atomic E-state index is 5.54. The molecule has 0 atom stereocenters. The maximum Gasteiger partial charge on any atom is 0.154 e. The van der Waals surface area contributed by atoms with Crippen LogP contribution in [0.25, 0.3) is 16.9 Å². The number of benzene rings is 1. The van der Waals surface area contributed by atoms with Crippen molar-refractivity contribution in [2.45, 2.75) is 6.42 Å². The molecule has 2 N–H and O–H groups in total. The summed E-state index contributed by atoms with van der Waals surface area (Å²) < 4.78 is 1.85. The molecule has 0 saturated heterocycles. The summed E-state index contributed by atoms with van der Waals surface area (Å²) in [6, 6.07) is 12.2. The average Bonchev–Trinajstić information content (AvgIpc) is 2.84. The van der Waals surface area contributed by atoms with Crippen molar-refractivity contribution >= 4 is 30.5 Å². The summed E-state index contributed by atoms with van der Waals surface area (Å²) in [5.74, 6) is 0. The van der Waals surface area contributed by atoms with E-state index < -0.39 is 0 Å². The zero-order chi connectivity index (χ0) is 12.4. The fourth-order valence-corrected chi connectivity index (χ4v) is 2.03. The van der Waals surface area contributed by atoms with Gasteiger partial charge < -0.3 is 5.73 Å². The number of hydrogen-bond donors (Lipinski definition) is 1. The minimum atomic E-state index is 0. The van der Waals surface area contributed by atoms with Gasteiger partial charge in [0.05, 0.1) is 11.9 Å². The highest BCUT2D eigenvalue weighted by Gasteiger charge is 2.05. The van der Waals surface area contributed by atoms with Crippen LogP contribution in [-0.4, -0.2) is 21.1 Å². The van der Waals surface area contributed by atoms with E-state index in [1.807, 2.05) is 22.8 Å². The van der Waals surface area contributed by atoms with Crippen LogP contribution in [0.3, 0.4) is 0 Å². The molecule has 1 aromatic carbocycles. The Labute approximate surface area is 129 Å². The first-order valence-corrected chi connectivity index (χ1v) is 5.96. The first-order chi connectivity index (χ1) is 8.88. The summed E-state index contributed by atoms with van der Waals surface area (Å²) in [4.78, 5) is 4.33. The molecule has 20 heavy (non-hydrogen) atoms. The highest BCUT2D eigenvalue weighted by Crippen LogP contribution is 2.20. The van der Waals surface area contributed by atoms with Crippen LogP contribution >= 0.6 is 24.8 Å². The Bertz CT molecular complexity index is 664. The summed E-state index contributed by atoms with van der Waals surface area (Å²) in [5.41, 5.74) is 9.77. The van der Waals surface area contributed by atoms with Crippen molar-refractivity contribution < 1.29 is 0 Å². The number of imidazole rings is 1. The summed E-state index contributed by atoms with van der Waals surface area (Å²) >= 11 is 0. The molecule has 3 rings (SSSR count). The Kier molecular flexibility index (Phi) is 5.95. The van der Waals surface area contributed by atoms with E-state index in [-0.39, 0.29) is 24.8 Å². The molecular weight excluding hydrogens is 295 g/mol. The molecule has 2 heterocycles. The lowest BCUT2D eigenvalue weighted by atomic mass is 10.1. The van der Waals surface area contributed by atoms with Crippen molar-refractivity contribution in [3.8, 4) is 11.3 Å². The molecule has 2 aromatic heterocycles. The zero-order valence-electron chi connectivity index (χ0n) is 10.8. The SMILES string of the molecule is Cl.Cl.NCCc1ccc(-c2cnc3cccnn23)cc1. The smallest absolute Gasteiger partial charge is 0.154 e. The third-order valence-corrected chi connectivity index (χ3v) is 2.96. The van der Waals surface area contributed by atoms with Gasteiger partial charge in [0.2, 0.25) is 0 Å². The van der Waals surface area contributed by atoms with Gasteiger partial charge in [-0.05, 0) is 30.7 Å². The van der Waals surface area contributed by atoms with Crippen LogP contribution in [0.1, 0.15) is 5.56 Å². The standard InChI is InChI=1S/C14H14N4.2ClH/c15-8-7-11-3-5-12(6-4-11)13-10-16-14-2-1-9-17-18(13)14;;/h1-6,9-10H,7-8,15H2;2*1H. The topological polar surface area (TPSA) is 56.2 Å². The Balaban J connectivity index is 0.000001000. The predicted octanol–water partition coefficient (Wildman–Crippen LogP) is 2.74. The van der Waals surface area contributed by atoms with Gasteiger partial charge in [-0.3, -0.25) is 0 Å². The fourth-order valence-electron chi connectivity index (χ4n) is 2.03. The lowest BCUT2D eigenvalue weighted by Crippen LogP contribution is -2.02. The van der Waals surface area contributed by atoms with Gasteiger partial charge in [-0.1, -0.05) is 24.3 Å².